The fraction of sp³-hybridized carbons (Fsp3) is 0.346. The number of benzene rings is 2. The summed E-state index contributed by atoms with van der Waals surface area (Å²) < 4.78 is 30.6. The van der Waals surface area contributed by atoms with Crippen LogP contribution in [0.15, 0.2) is 67.0 Å². The van der Waals surface area contributed by atoms with Crippen molar-refractivity contribution >= 4 is 11.8 Å². The molecule has 2 fully saturated rings. The van der Waals surface area contributed by atoms with Gasteiger partial charge in [0.2, 0.25) is 11.8 Å². The van der Waals surface area contributed by atoms with Crippen LogP contribution in [0.3, 0.4) is 0 Å². The van der Waals surface area contributed by atoms with Crippen LogP contribution in [0.2, 0.25) is 0 Å². The molecule has 2 aliphatic rings. The third-order valence-corrected chi connectivity index (χ3v) is 6.52. The average molecular weight is 465 g/mol. The molecule has 0 unspecified atom stereocenters. The Hall–Kier alpha value is -3.55. The van der Waals surface area contributed by atoms with Crippen molar-refractivity contribution in [2.24, 2.45) is 0 Å². The topological polar surface area (TPSA) is 67.2 Å². The Morgan fingerprint density at radius 1 is 1.09 bits per heavy atom. The van der Waals surface area contributed by atoms with Crippen LogP contribution in [0.1, 0.15) is 47.9 Å². The number of carbonyl (C=O) groups excluding carboxylic acids is 2. The zero-order chi connectivity index (χ0) is 23.7. The fourth-order valence-electron chi connectivity index (χ4n) is 4.62. The van der Waals surface area contributed by atoms with E-state index >= 15 is 0 Å². The highest BCUT2D eigenvalue weighted by Gasteiger charge is 2.40. The molecule has 1 aliphatic carbocycles. The predicted octanol–water partition coefficient (Wildman–Crippen LogP) is 3.74. The van der Waals surface area contributed by atoms with Crippen molar-refractivity contribution in [1.82, 2.24) is 20.0 Å². The van der Waals surface area contributed by atoms with E-state index in [0.29, 0.717) is 11.1 Å². The highest BCUT2D eigenvalue weighted by molar-refractivity contribution is 5.88. The van der Waals surface area contributed by atoms with Crippen LogP contribution in [-0.4, -0.2) is 45.3 Å². The molecule has 2 heterocycles. The molecule has 8 heteroatoms. The van der Waals surface area contributed by atoms with Crippen molar-refractivity contribution in [2.75, 3.05) is 6.54 Å². The summed E-state index contributed by atoms with van der Waals surface area (Å²) in [6.45, 7) is -0.210. The number of halogens is 2. The van der Waals surface area contributed by atoms with Crippen LogP contribution in [0.25, 0.3) is 0 Å². The summed E-state index contributed by atoms with van der Waals surface area (Å²) in [6.07, 6.45) is 3.81. The number of aromatic nitrogens is 2. The van der Waals surface area contributed by atoms with Crippen molar-refractivity contribution in [3.8, 4) is 0 Å². The Bertz CT molecular complexity index is 1160. The second-order valence-corrected chi connectivity index (χ2v) is 9.01. The van der Waals surface area contributed by atoms with E-state index in [2.05, 4.69) is 10.4 Å². The van der Waals surface area contributed by atoms with E-state index in [1.807, 2.05) is 36.4 Å². The highest BCUT2D eigenvalue weighted by Crippen LogP contribution is 2.41. The van der Waals surface area contributed by atoms with Gasteiger partial charge in [-0.05, 0) is 47.6 Å². The van der Waals surface area contributed by atoms with E-state index < -0.39 is 24.2 Å². The minimum absolute atomic E-state index is 0.0700. The van der Waals surface area contributed by atoms with E-state index in [0.717, 1.165) is 18.4 Å². The fourth-order valence-corrected chi connectivity index (χ4v) is 4.62. The highest BCUT2D eigenvalue weighted by atomic mass is 19.1. The Labute approximate surface area is 196 Å². The van der Waals surface area contributed by atoms with Gasteiger partial charge in [-0.25, -0.2) is 8.78 Å². The number of carbonyl (C=O) groups is 2. The Kier molecular flexibility index (Phi) is 6.13. The van der Waals surface area contributed by atoms with Crippen LogP contribution < -0.4 is 5.32 Å². The first-order valence-corrected chi connectivity index (χ1v) is 11.5. The normalized spacial score (nSPS) is 20.8. The van der Waals surface area contributed by atoms with Gasteiger partial charge in [0.05, 0.1) is 12.6 Å². The van der Waals surface area contributed by atoms with Crippen molar-refractivity contribution in [1.29, 1.82) is 0 Å². The molecule has 0 spiro atoms. The molecule has 1 aromatic heterocycles. The lowest BCUT2D eigenvalue weighted by atomic mass is 9.96. The lowest BCUT2D eigenvalue weighted by Crippen LogP contribution is -2.48. The van der Waals surface area contributed by atoms with Crippen LogP contribution in [-0.2, 0) is 16.1 Å². The van der Waals surface area contributed by atoms with Crippen LogP contribution >= 0.6 is 0 Å². The van der Waals surface area contributed by atoms with Gasteiger partial charge >= 0.3 is 0 Å². The van der Waals surface area contributed by atoms with Crippen molar-refractivity contribution in [3.05, 3.63) is 89.5 Å². The van der Waals surface area contributed by atoms with Crippen LogP contribution in [0.4, 0.5) is 8.78 Å². The minimum Gasteiger partial charge on any atom is -0.343 e. The minimum atomic E-state index is -1.29. The first-order chi connectivity index (χ1) is 16.5. The first kappa shape index (κ1) is 22.3. The van der Waals surface area contributed by atoms with Gasteiger partial charge in [-0.3, -0.25) is 14.3 Å². The first-order valence-electron chi connectivity index (χ1n) is 11.5. The lowest BCUT2D eigenvalue weighted by molar-refractivity contribution is -0.139. The number of nitrogens with one attached hydrogen (secondary N) is 1. The summed E-state index contributed by atoms with van der Waals surface area (Å²) >= 11 is 0. The molecule has 2 amide bonds. The average Bonchev–Trinajstić information content (AvgIpc) is 3.40. The summed E-state index contributed by atoms with van der Waals surface area (Å²) in [6, 6.07) is 14.5. The smallest absolute Gasteiger partial charge is 0.245 e. The number of alkyl halides is 1. The standard InChI is InChI=1S/C26H26F2N4O2/c27-20-14-23(32(15-20)24(33)16-31-12-4-11-29-31)26(34)30-25(18-5-2-1-3-6-18)19-9-10-21(17-7-8-17)22(28)13-19/h1-6,9-13,17,20,23,25H,7-8,14-16H2,(H,30,34)/t20-,23+,25+/m1/s1. The molecule has 1 aliphatic heterocycles. The third-order valence-electron chi connectivity index (χ3n) is 6.52. The van der Waals surface area contributed by atoms with E-state index in [1.54, 1.807) is 24.5 Å². The van der Waals surface area contributed by atoms with E-state index in [4.69, 9.17) is 0 Å². The molecule has 2 aromatic carbocycles. The summed E-state index contributed by atoms with van der Waals surface area (Å²) in [5.74, 6) is -0.848. The van der Waals surface area contributed by atoms with Gasteiger partial charge in [-0.15, -0.1) is 0 Å². The molecule has 3 aromatic rings. The number of hydrogen-bond donors (Lipinski definition) is 1. The molecular weight excluding hydrogens is 438 g/mol. The second kappa shape index (κ2) is 9.37. The van der Waals surface area contributed by atoms with Crippen molar-refractivity contribution in [3.63, 3.8) is 0 Å². The number of hydrogen-bond acceptors (Lipinski definition) is 3. The lowest BCUT2D eigenvalue weighted by Gasteiger charge is -2.27. The van der Waals surface area contributed by atoms with Gasteiger partial charge in [0.15, 0.2) is 0 Å². The van der Waals surface area contributed by atoms with Gasteiger partial charge in [-0.2, -0.15) is 5.10 Å². The number of likely N-dealkylation sites (tertiary alicyclic amines) is 1. The van der Waals surface area contributed by atoms with Gasteiger partial charge in [0, 0.05) is 18.8 Å². The molecule has 1 saturated heterocycles. The van der Waals surface area contributed by atoms with Crippen molar-refractivity contribution in [2.45, 2.75) is 50.0 Å². The number of nitrogens with zero attached hydrogens (tertiary/aromatic N) is 3. The zero-order valence-corrected chi connectivity index (χ0v) is 18.6. The zero-order valence-electron chi connectivity index (χ0n) is 18.6. The van der Waals surface area contributed by atoms with Gasteiger partial charge in [0.25, 0.3) is 0 Å². The summed E-state index contributed by atoms with van der Waals surface area (Å²) in [4.78, 5) is 27.4. The van der Waals surface area contributed by atoms with Crippen molar-refractivity contribution < 1.29 is 18.4 Å². The quantitative estimate of drug-likeness (QED) is 0.579. The molecule has 1 saturated carbocycles. The van der Waals surface area contributed by atoms with Crippen LogP contribution in [0, 0.1) is 5.82 Å². The van der Waals surface area contributed by atoms with Gasteiger partial charge in [0.1, 0.15) is 24.6 Å². The molecule has 0 bridgehead atoms. The second-order valence-electron chi connectivity index (χ2n) is 9.01. The summed E-state index contributed by atoms with van der Waals surface area (Å²) in [5, 5.41) is 6.97. The maximum Gasteiger partial charge on any atom is 0.245 e. The monoisotopic (exact) mass is 464 g/mol. The molecular formula is C26H26F2N4O2. The molecule has 6 nitrogen and oxygen atoms in total. The number of rotatable bonds is 7. The molecule has 34 heavy (non-hydrogen) atoms. The van der Waals surface area contributed by atoms with E-state index in [1.165, 1.54) is 15.6 Å². The van der Waals surface area contributed by atoms with Crippen LogP contribution in [0.5, 0.6) is 0 Å². The Balaban J connectivity index is 1.38. The largest absolute Gasteiger partial charge is 0.343 e. The maximum atomic E-state index is 14.8. The molecule has 3 atom stereocenters. The SMILES string of the molecule is O=C(N[C@@H](c1ccccc1)c1ccc(C2CC2)c(F)c1)[C@@H]1C[C@@H](F)CN1C(=O)Cn1cccn1. The third kappa shape index (κ3) is 4.71. The van der Waals surface area contributed by atoms with Gasteiger partial charge in [-0.1, -0.05) is 42.5 Å². The maximum absolute atomic E-state index is 14.8. The summed E-state index contributed by atoms with van der Waals surface area (Å²) in [5.41, 5.74) is 2.08. The van der Waals surface area contributed by atoms with Gasteiger partial charge < -0.3 is 10.2 Å². The molecule has 0 radical (unpaired) electrons. The molecule has 5 rings (SSSR count). The summed E-state index contributed by atoms with van der Waals surface area (Å²) in [7, 11) is 0. The molecule has 176 valence electrons. The molecule has 1 N–H and O–H groups in total. The number of amides is 2. The van der Waals surface area contributed by atoms with E-state index in [9.17, 15) is 18.4 Å². The Morgan fingerprint density at radius 3 is 2.56 bits per heavy atom. The predicted molar refractivity (Wildman–Crippen MR) is 122 cm³/mol. The Morgan fingerprint density at radius 2 is 1.88 bits per heavy atom. The van der Waals surface area contributed by atoms with E-state index in [-0.39, 0.29) is 37.2 Å².